The molecule has 0 unspecified atom stereocenters. The van der Waals surface area contributed by atoms with Gasteiger partial charge in [0.15, 0.2) is 24.6 Å². The summed E-state index contributed by atoms with van der Waals surface area (Å²) >= 11 is 0. The number of carbonyl (C=O) groups is 7. The molecule has 0 radical (unpaired) electrons. The average molecular weight is 662 g/mol. The Balaban J connectivity index is 2.72. The van der Waals surface area contributed by atoms with Gasteiger partial charge in [-0.3, -0.25) is 33.6 Å². The smallest absolute Gasteiger partial charge is 0.304 e. The second-order valence-corrected chi connectivity index (χ2v) is 9.89. The van der Waals surface area contributed by atoms with Gasteiger partial charge in [0, 0.05) is 53.4 Å². The summed E-state index contributed by atoms with van der Waals surface area (Å²) < 4.78 is 54.7. The molecule has 0 aromatic heterocycles. The fourth-order valence-corrected chi connectivity index (χ4v) is 4.61. The summed E-state index contributed by atoms with van der Waals surface area (Å²) in [6, 6.07) is -1.60. The third-order valence-electron chi connectivity index (χ3n) is 6.07. The second-order valence-electron chi connectivity index (χ2n) is 9.89. The Kier molecular flexibility index (Phi) is 14.1. The molecule has 0 aliphatic carbocycles. The van der Waals surface area contributed by atoms with E-state index < -0.39 is 116 Å². The number of hydrogen-bond acceptors (Lipinski definition) is 18. The number of esters is 7. The highest BCUT2D eigenvalue weighted by molar-refractivity contribution is 5.69. The first-order valence-corrected chi connectivity index (χ1v) is 13.7. The number of carbonyl (C=O) groups excluding carboxylic acids is 7. The summed E-state index contributed by atoms with van der Waals surface area (Å²) in [6.45, 7) is 6.06. The van der Waals surface area contributed by atoms with E-state index in [-0.39, 0.29) is 0 Å². The predicted molar refractivity (Wildman–Crippen MR) is 142 cm³/mol. The van der Waals surface area contributed by atoms with Crippen LogP contribution in [0.1, 0.15) is 48.5 Å². The zero-order valence-corrected chi connectivity index (χ0v) is 26.0. The normalized spacial score (nSPS) is 30.3. The standard InChI is InChI=1S/C26H35N3O17/c1-10(30)37-8-17-20(22(40-13(4)33)19(28-29-27)25(44-17)43-16(7)36)46-26-24(42-15(6)35)23(41-14(5)34)21(39-12(3)32)18(45-26)9-38-11(2)31/h17-26H,8-9H2,1-7H3/t17-,18-,19-,20-,21+,22-,23+,24-,25+,26+/m1/s1. The van der Waals surface area contributed by atoms with E-state index in [0.29, 0.717) is 0 Å². The molecule has 0 bridgehead atoms. The minimum Gasteiger partial charge on any atom is -0.463 e. The summed E-state index contributed by atoms with van der Waals surface area (Å²) in [5.74, 6) is -6.06. The Morgan fingerprint density at radius 2 is 0.957 bits per heavy atom. The molecule has 2 aliphatic rings. The molecule has 0 N–H and O–H groups in total. The van der Waals surface area contributed by atoms with Crippen molar-refractivity contribution in [2.24, 2.45) is 5.11 Å². The first-order chi connectivity index (χ1) is 21.5. The Morgan fingerprint density at radius 1 is 0.543 bits per heavy atom. The van der Waals surface area contributed by atoms with Crippen LogP contribution in [0.2, 0.25) is 0 Å². The van der Waals surface area contributed by atoms with Crippen molar-refractivity contribution in [3.63, 3.8) is 0 Å². The van der Waals surface area contributed by atoms with Crippen LogP contribution in [0, 0.1) is 0 Å². The van der Waals surface area contributed by atoms with Crippen molar-refractivity contribution >= 4 is 41.8 Å². The lowest BCUT2D eigenvalue weighted by Crippen LogP contribution is -2.66. The second kappa shape index (κ2) is 17.2. The maximum Gasteiger partial charge on any atom is 0.304 e. The fraction of sp³-hybridized carbons (Fsp3) is 0.731. The summed E-state index contributed by atoms with van der Waals surface area (Å²) in [5, 5.41) is 3.56. The highest BCUT2D eigenvalue weighted by atomic mass is 16.8. The van der Waals surface area contributed by atoms with E-state index in [1.165, 1.54) is 0 Å². The molecule has 0 saturated carbocycles. The van der Waals surface area contributed by atoms with Crippen LogP contribution in [0.3, 0.4) is 0 Å². The topological polar surface area (TPSA) is 261 Å². The molecule has 0 spiro atoms. The number of rotatable bonds is 12. The van der Waals surface area contributed by atoms with Crippen molar-refractivity contribution in [3.8, 4) is 0 Å². The maximum absolute atomic E-state index is 12.2. The van der Waals surface area contributed by atoms with Crippen LogP contribution < -0.4 is 0 Å². The molecule has 2 aliphatic heterocycles. The fourth-order valence-electron chi connectivity index (χ4n) is 4.61. The van der Waals surface area contributed by atoms with Crippen molar-refractivity contribution in [1.82, 2.24) is 0 Å². The van der Waals surface area contributed by atoms with Crippen molar-refractivity contribution in [1.29, 1.82) is 0 Å². The molecule has 2 heterocycles. The number of hydrogen-bond donors (Lipinski definition) is 0. The monoisotopic (exact) mass is 661 g/mol. The highest BCUT2D eigenvalue weighted by Crippen LogP contribution is 2.35. The lowest BCUT2D eigenvalue weighted by molar-refractivity contribution is -0.347. The van der Waals surface area contributed by atoms with Crippen LogP contribution in [-0.2, 0) is 80.9 Å². The van der Waals surface area contributed by atoms with Gasteiger partial charge >= 0.3 is 41.8 Å². The van der Waals surface area contributed by atoms with E-state index in [1.54, 1.807) is 0 Å². The molecule has 256 valence electrons. The van der Waals surface area contributed by atoms with Gasteiger partial charge in [0.25, 0.3) is 0 Å². The average Bonchev–Trinajstić information content (AvgIpc) is 2.91. The quantitative estimate of drug-likeness (QED) is 0.0870. The maximum atomic E-state index is 12.2. The van der Waals surface area contributed by atoms with E-state index >= 15 is 0 Å². The molecule has 10 atom stereocenters. The van der Waals surface area contributed by atoms with Crippen molar-refractivity contribution < 1.29 is 80.9 Å². The minimum atomic E-state index is -1.82. The Labute approximate surface area is 261 Å². The first-order valence-electron chi connectivity index (χ1n) is 13.7. The SMILES string of the molecule is CC(=O)OC[C@H]1O[C@@H](O[C@H]2[C@H](OC(C)=O)[C@@H](N=[N+]=[N-])[C@@H](OC(C)=O)O[C@@H]2COC(C)=O)[C@H](OC(C)=O)[C@@H](OC(C)=O)[C@H]1OC(C)=O. The van der Waals surface area contributed by atoms with Gasteiger partial charge in [-0.1, -0.05) is 5.11 Å². The van der Waals surface area contributed by atoms with E-state index in [9.17, 15) is 39.1 Å². The van der Waals surface area contributed by atoms with Crippen LogP contribution in [0.5, 0.6) is 0 Å². The molecular formula is C26H35N3O17. The van der Waals surface area contributed by atoms with Crippen molar-refractivity contribution in [2.75, 3.05) is 13.2 Å². The van der Waals surface area contributed by atoms with Crippen LogP contribution >= 0.6 is 0 Å². The molecule has 0 aromatic rings. The van der Waals surface area contributed by atoms with Crippen LogP contribution in [0.15, 0.2) is 5.11 Å². The van der Waals surface area contributed by atoms with Gasteiger partial charge in [-0.25, -0.2) is 0 Å². The Hall–Kier alpha value is -4.52. The lowest BCUT2D eigenvalue weighted by Gasteiger charge is -2.48. The van der Waals surface area contributed by atoms with E-state index in [0.717, 1.165) is 48.5 Å². The molecule has 2 fully saturated rings. The molecule has 2 saturated heterocycles. The predicted octanol–water partition coefficient (Wildman–Crippen LogP) is -0.0836. The summed E-state index contributed by atoms with van der Waals surface area (Å²) in [6.07, 6.45) is -14.5. The largest absolute Gasteiger partial charge is 0.463 e. The minimum absolute atomic E-state index is 0.584. The third-order valence-corrected chi connectivity index (χ3v) is 6.07. The summed E-state index contributed by atoms with van der Waals surface area (Å²) in [7, 11) is 0. The molecule has 46 heavy (non-hydrogen) atoms. The van der Waals surface area contributed by atoms with Crippen LogP contribution in [0.25, 0.3) is 10.4 Å². The highest BCUT2D eigenvalue weighted by Gasteiger charge is 2.57. The Bertz CT molecular complexity index is 1220. The molecule has 2 rings (SSSR count). The van der Waals surface area contributed by atoms with Gasteiger partial charge in [0.1, 0.15) is 43.7 Å². The number of nitrogens with zero attached hydrogens (tertiary/aromatic N) is 3. The Morgan fingerprint density at radius 3 is 1.41 bits per heavy atom. The van der Waals surface area contributed by atoms with Gasteiger partial charge in [-0.05, 0) is 5.53 Å². The third kappa shape index (κ3) is 11.1. The van der Waals surface area contributed by atoms with Crippen LogP contribution in [0.4, 0.5) is 0 Å². The first kappa shape index (κ1) is 37.7. The number of ether oxygens (including phenoxy) is 10. The van der Waals surface area contributed by atoms with E-state index in [4.69, 9.17) is 47.4 Å². The van der Waals surface area contributed by atoms with Crippen molar-refractivity contribution in [3.05, 3.63) is 10.4 Å². The van der Waals surface area contributed by atoms with Gasteiger partial charge < -0.3 is 47.4 Å². The summed E-state index contributed by atoms with van der Waals surface area (Å²) in [5.41, 5.74) is 9.27. The summed E-state index contributed by atoms with van der Waals surface area (Å²) in [4.78, 5) is 86.6. The number of azide groups is 1. The molecule has 0 aromatic carbocycles. The van der Waals surface area contributed by atoms with Crippen molar-refractivity contribution in [2.45, 2.75) is 110 Å². The molecule has 20 heteroatoms. The lowest BCUT2D eigenvalue weighted by atomic mass is 9.95. The van der Waals surface area contributed by atoms with E-state index in [2.05, 4.69) is 10.0 Å². The zero-order chi connectivity index (χ0) is 34.7. The van der Waals surface area contributed by atoms with Gasteiger partial charge in [0.2, 0.25) is 6.29 Å². The van der Waals surface area contributed by atoms with Gasteiger partial charge in [-0.2, -0.15) is 0 Å². The van der Waals surface area contributed by atoms with Gasteiger partial charge in [-0.15, -0.1) is 0 Å². The van der Waals surface area contributed by atoms with E-state index in [1.807, 2.05) is 0 Å². The van der Waals surface area contributed by atoms with Crippen LogP contribution in [-0.4, -0.2) is 116 Å². The zero-order valence-electron chi connectivity index (χ0n) is 26.0. The molecule has 20 nitrogen and oxygen atoms in total. The molecular weight excluding hydrogens is 626 g/mol. The molecule has 0 amide bonds. The van der Waals surface area contributed by atoms with Gasteiger partial charge in [0.05, 0.1) is 0 Å².